The van der Waals surface area contributed by atoms with E-state index in [9.17, 15) is 17.6 Å². The first kappa shape index (κ1) is 25.4. The van der Waals surface area contributed by atoms with Crippen molar-refractivity contribution >= 4 is 41.0 Å². The summed E-state index contributed by atoms with van der Waals surface area (Å²) in [6.07, 6.45) is -3.15. The number of pyridine rings is 1. The lowest BCUT2D eigenvalue weighted by Crippen LogP contribution is -2.42. The van der Waals surface area contributed by atoms with Crippen LogP contribution in [-0.2, 0) is 16.8 Å². The summed E-state index contributed by atoms with van der Waals surface area (Å²) < 4.78 is 57.3. The van der Waals surface area contributed by atoms with E-state index in [1.54, 1.807) is 17.0 Å². The van der Waals surface area contributed by atoms with Gasteiger partial charge < -0.3 is 20.7 Å². The zero-order valence-corrected chi connectivity index (χ0v) is 18.7. The zero-order chi connectivity index (χ0) is 24.6. The fourth-order valence-corrected chi connectivity index (χ4v) is 3.25. The maximum absolute atomic E-state index is 13.3. The monoisotopic (exact) mass is 499 g/mol. The Bertz CT molecular complexity index is 1070. The van der Waals surface area contributed by atoms with Gasteiger partial charge in [0.05, 0.1) is 47.9 Å². The average molecular weight is 500 g/mol. The molecule has 1 saturated heterocycles. The molecule has 0 atom stereocenters. The van der Waals surface area contributed by atoms with Gasteiger partial charge in [0.25, 0.3) is 0 Å². The van der Waals surface area contributed by atoms with E-state index in [-0.39, 0.29) is 23.4 Å². The van der Waals surface area contributed by atoms with Crippen LogP contribution in [-0.4, -0.2) is 60.9 Å². The number of benzene rings is 1. The number of anilines is 2. The number of ether oxygens (including phenoxy) is 1. The molecule has 1 aromatic heterocycles. The molecule has 182 valence electrons. The Morgan fingerprint density at radius 2 is 2.00 bits per heavy atom. The third-order valence-electron chi connectivity index (χ3n) is 4.68. The van der Waals surface area contributed by atoms with Crippen molar-refractivity contribution in [1.29, 1.82) is 0 Å². The van der Waals surface area contributed by atoms with E-state index in [1.165, 1.54) is 18.3 Å². The molecular formula is C21H22ClF4N7O. The molecule has 1 aliphatic rings. The Morgan fingerprint density at radius 3 is 2.68 bits per heavy atom. The summed E-state index contributed by atoms with van der Waals surface area (Å²) in [4.78, 5) is 10.00. The van der Waals surface area contributed by atoms with Crippen molar-refractivity contribution in [2.75, 3.05) is 38.3 Å². The minimum absolute atomic E-state index is 0.00190. The van der Waals surface area contributed by atoms with Gasteiger partial charge >= 0.3 is 6.18 Å². The van der Waals surface area contributed by atoms with Gasteiger partial charge in [-0.1, -0.05) is 6.07 Å². The first-order valence-electron chi connectivity index (χ1n) is 10.1. The van der Waals surface area contributed by atoms with Gasteiger partial charge in [0.2, 0.25) is 5.96 Å². The maximum atomic E-state index is 13.3. The van der Waals surface area contributed by atoms with Crippen molar-refractivity contribution in [3.05, 3.63) is 53.3 Å². The topological polar surface area (TPSA) is 100 Å². The molecule has 3 N–H and O–H groups in total. The Hall–Kier alpha value is -3.25. The van der Waals surface area contributed by atoms with E-state index in [0.717, 1.165) is 12.1 Å². The molecule has 0 unspecified atom stereocenters. The number of amidine groups is 1. The Kier molecular flexibility index (Phi) is 8.77. The normalized spacial score (nSPS) is 15.7. The highest BCUT2D eigenvalue weighted by Gasteiger charge is 2.30. The number of morpholine rings is 1. The van der Waals surface area contributed by atoms with Crippen LogP contribution in [0, 0.1) is 0 Å². The maximum Gasteiger partial charge on any atom is 0.416 e. The summed E-state index contributed by atoms with van der Waals surface area (Å²) in [6, 6.07) is 7.97. The minimum atomic E-state index is -4.45. The summed E-state index contributed by atoms with van der Waals surface area (Å²) in [5.74, 6) is -0.0824. The number of guanidine groups is 1. The van der Waals surface area contributed by atoms with Crippen LogP contribution < -0.4 is 11.1 Å². The van der Waals surface area contributed by atoms with Crippen LogP contribution in [0.15, 0.2) is 51.6 Å². The van der Waals surface area contributed by atoms with Gasteiger partial charge in [-0.2, -0.15) is 23.3 Å². The van der Waals surface area contributed by atoms with Crippen LogP contribution in [0.2, 0.25) is 0 Å². The molecule has 0 spiro atoms. The number of nitrogens with one attached hydrogen (secondary N) is 1. The second kappa shape index (κ2) is 11.7. The van der Waals surface area contributed by atoms with Crippen molar-refractivity contribution in [3.63, 3.8) is 0 Å². The van der Waals surface area contributed by atoms with Crippen molar-refractivity contribution in [3.8, 4) is 0 Å². The number of halogens is 5. The van der Waals surface area contributed by atoms with Crippen LogP contribution >= 0.6 is 11.6 Å². The predicted molar refractivity (Wildman–Crippen MR) is 124 cm³/mol. The number of aliphatic imine (C=N–C) groups is 1. The summed E-state index contributed by atoms with van der Waals surface area (Å²) in [5, 5.41) is 10.4. The molecule has 13 heteroatoms. The van der Waals surface area contributed by atoms with Gasteiger partial charge in [0.1, 0.15) is 12.5 Å². The molecule has 3 rings (SSSR count). The van der Waals surface area contributed by atoms with Crippen molar-refractivity contribution in [2.45, 2.75) is 12.1 Å². The van der Waals surface area contributed by atoms with Crippen LogP contribution in [0.1, 0.15) is 17.0 Å². The van der Waals surface area contributed by atoms with E-state index in [0.29, 0.717) is 43.4 Å². The quantitative estimate of drug-likeness (QED) is 0.206. The molecule has 34 heavy (non-hydrogen) atoms. The first-order valence-corrected chi connectivity index (χ1v) is 10.7. The van der Waals surface area contributed by atoms with Crippen molar-refractivity contribution in [1.82, 2.24) is 9.88 Å². The lowest BCUT2D eigenvalue weighted by Gasteiger charge is -2.28. The lowest BCUT2D eigenvalue weighted by molar-refractivity contribution is -0.137. The molecule has 2 aromatic rings. The number of alkyl halides is 5. The van der Waals surface area contributed by atoms with Crippen LogP contribution in [0.4, 0.5) is 28.9 Å². The van der Waals surface area contributed by atoms with E-state index in [2.05, 4.69) is 25.5 Å². The standard InChI is InChI=1S/C21H22ClF4N7O/c22-11-18-17(29-15-3-1-2-14(10-15)21(24,25)26)5-4-16(30-18)13-28-32-20(27)31-19(12-23)33-6-8-34-9-7-33/h1-5,10,13,29H,6-9,11-12H2,(H2,27,32)/b28-13+,31-19?. The third-order valence-corrected chi connectivity index (χ3v) is 4.93. The second-order valence-electron chi connectivity index (χ2n) is 7.03. The molecule has 2 heterocycles. The zero-order valence-electron chi connectivity index (χ0n) is 17.9. The van der Waals surface area contributed by atoms with Crippen LogP contribution in [0.5, 0.6) is 0 Å². The number of hydrogen-bond donors (Lipinski definition) is 2. The Balaban J connectivity index is 1.71. The average Bonchev–Trinajstić information content (AvgIpc) is 2.83. The highest BCUT2D eigenvalue weighted by Crippen LogP contribution is 2.31. The summed E-state index contributed by atoms with van der Waals surface area (Å²) in [7, 11) is 0. The fraction of sp³-hybridized carbons (Fsp3) is 0.333. The third kappa shape index (κ3) is 7.12. The number of rotatable bonds is 6. The van der Waals surface area contributed by atoms with Crippen molar-refractivity contribution in [2.24, 2.45) is 20.9 Å². The van der Waals surface area contributed by atoms with Crippen LogP contribution in [0.25, 0.3) is 0 Å². The molecule has 1 aliphatic heterocycles. The van der Waals surface area contributed by atoms with E-state index >= 15 is 0 Å². The van der Waals surface area contributed by atoms with E-state index in [1.807, 2.05) is 0 Å². The summed E-state index contributed by atoms with van der Waals surface area (Å²) >= 11 is 5.96. The number of aromatic nitrogens is 1. The van der Waals surface area contributed by atoms with E-state index in [4.69, 9.17) is 22.1 Å². The summed E-state index contributed by atoms with van der Waals surface area (Å²) in [6.45, 7) is 1.15. The molecule has 0 radical (unpaired) electrons. The number of nitrogens with zero attached hydrogens (tertiary/aromatic N) is 5. The molecular weight excluding hydrogens is 478 g/mol. The molecule has 1 fully saturated rings. The SMILES string of the molecule is NC(=N/N=C/c1ccc(Nc2cccc(C(F)(F)F)c2)c(CCl)n1)N=C(CF)N1CCOCC1. The van der Waals surface area contributed by atoms with Gasteiger partial charge in [0, 0.05) is 18.8 Å². The highest BCUT2D eigenvalue weighted by atomic mass is 35.5. The molecule has 0 bridgehead atoms. The van der Waals surface area contributed by atoms with Gasteiger partial charge in [0.15, 0.2) is 0 Å². The van der Waals surface area contributed by atoms with Gasteiger partial charge in [-0.05, 0) is 30.3 Å². The lowest BCUT2D eigenvalue weighted by atomic mass is 10.2. The Morgan fingerprint density at radius 1 is 1.24 bits per heavy atom. The second-order valence-corrected chi connectivity index (χ2v) is 7.30. The molecule has 0 amide bonds. The molecule has 1 aromatic carbocycles. The van der Waals surface area contributed by atoms with Crippen molar-refractivity contribution < 1.29 is 22.3 Å². The summed E-state index contributed by atoms with van der Waals surface area (Å²) in [5.41, 5.74) is 6.40. The predicted octanol–water partition coefficient (Wildman–Crippen LogP) is 3.93. The number of nitrogens with two attached hydrogens (primary N) is 1. The van der Waals surface area contributed by atoms with Crippen LogP contribution in [0.3, 0.4) is 0 Å². The van der Waals surface area contributed by atoms with E-state index < -0.39 is 18.4 Å². The molecule has 0 aliphatic carbocycles. The smallest absolute Gasteiger partial charge is 0.378 e. The van der Waals surface area contributed by atoms with Gasteiger partial charge in [-0.3, -0.25) is 0 Å². The molecule has 8 nitrogen and oxygen atoms in total. The highest BCUT2D eigenvalue weighted by molar-refractivity contribution is 6.17. The van der Waals surface area contributed by atoms with Gasteiger partial charge in [-0.25, -0.2) is 9.37 Å². The fourth-order valence-electron chi connectivity index (χ4n) is 3.04. The molecule has 0 saturated carbocycles. The largest absolute Gasteiger partial charge is 0.416 e. The first-order chi connectivity index (χ1) is 16.3. The minimum Gasteiger partial charge on any atom is -0.378 e. The number of hydrogen-bond acceptors (Lipinski definition) is 5. The Labute approximate surface area is 198 Å². The van der Waals surface area contributed by atoms with Gasteiger partial charge in [-0.15, -0.1) is 16.7 Å².